The molecular formula is C17H22ClN3O7S. The number of hydrogen-bond acceptors (Lipinski definition) is 10. The first-order valence-electron chi connectivity index (χ1n) is 8.50. The van der Waals surface area contributed by atoms with E-state index in [1.807, 2.05) is 0 Å². The Hall–Kier alpha value is -2.24. The number of nitrogens with zero attached hydrogens (tertiary/aromatic N) is 2. The lowest BCUT2D eigenvalue weighted by Gasteiger charge is -2.48. The molecule has 10 nitrogen and oxygen atoms in total. The first-order chi connectivity index (χ1) is 13.2. The van der Waals surface area contributed by atoms with Crippen LogP contribution in [0.3, 0.4) is 0 Å². The summed E-state index contributed by atoms with van der Waals surface area (Å²) in [6, 6.07) is 0.845. The first kappa shape index (κ1) is 23.0. The molecule has 3 rings (SSSR count). The Morgan fingerprint density at radius 2 is 2.10 bits per heavy atom. The minimum absolute atomic E-state index is 0. The molecule has 29 heavy (non-hydrogen) atoms. The maximum Gasteiger partial charge on any atom is 0.358 e. The third kappa shape index (κ3) is 4.85. The molecular weight excluding hydrogens is 426 g/mol. The van der Waals surface area contributed by atoms with Crippen molar-refractivity contribution in [3.63, 3.8) is 0 Å². The number of hydrogen-bond donors (Lipinski definition) is 1. The smallest absolute Gasteiger partial charge is 0.358 e. The molecule has 0 bridgehead atoms. The molecule has 1 aromatic heterocycles. The van der Waals surface area contributed by atoms with E-state index >= 15 is 0 Å². The van der Waals surface area contributed by atoms with Crippen LogP contribution in [-0.4, -0.2) is 58.5 Å². The minimum Gasteiger partial charge on any atom is -0.471 e. The van der Waals surface area contributed by atoms with Crippen LogP contribution in [0.4, 0.5) is 0 Å². The van der Waals surface area contributed by atoms with Gasteiger partial charge in [-0.25, -0.2) is 4.79 Å². The summed E-state index contributed by atoms with van der Waals surface area (Å²) in [4.78, 5) is 37.9. The van der Waals surface area contributed by atoms with Gasteiger partial charge in [-0.15, -0.1) is 24.2 Å². The first-order valence-corrected chi connectivity index (χ1v) is 9.55. The fourth-order valence-electron chi connectivity index (χ4n) is 2.54. The number of esters is 2. The topological polar surface area (TPSA) is 134 Å². The fourth-order valence-corrected chi connectivity index (χ4v) is 3.81. The summed E-state index contributed by atoms with van der Waals surface area (Å²) in [5, 5.41) is 3.29. The van der Waals surface area contributed by atoms with Gasteiger partial charge in [-0.1, -0.05) is 0 Å². The molecule has 1 amide bonds. The highest BCUT2D eigenvalue weighted by Gasteiger charge is 2.52. The van der Waals surface area contributed by atoms with Gasteiger partial charge in [0.15, 0.2) is 0 Å². The number of rotatable bonds is 6. The molecule has 0 aromatic carbocycles. The molecule has 1 fully saturated rings. The van der Waals surface area contributed by atoms with Gasteiger partial charge in [-0.05, 0) is 25.9 Å². The minimum atomic E-state index is -0.786. The highest BCUT2D eigenvalue weighted by atomic mass is 35.5. The van der Waals surface area contributed by atoms with E-state index in [9.17, 15) is 14.4 Å². The molecule has 0 spiro atoms. The van der Waals surface area contributed by atoms with Crippen molar-refractivity contribution in [3.8, 4) is 5.88 Å². The Labute approximate surface area is 177 Å². The zero-order chi connectivity index (χ0) is 20.5. The number of halogens is 1. The van der Waals surface area contributed by atoms with Crippen molar-refractivity contribution < 1.29 is 33.1 Å². The van der Waals surface area contributed by atoms with E-state index in [0.29, 0.717) is 11.3 Å². The van der Waals surface area contributed by atoms with Crippen LogP contribution in [0.15, 0.2) is 28.1 Å². The third-order valence-electron chi connectivity index (χ3n) is 4.08. The van der Waals surface area contributed by atoms with E-state index in [1.165, 1.54) is 29.0 Å². The Morgan fingerprint density at radius 1 is 1.38 bits per heavy atom. The number of thioether (sulfide) groups is 1. The van der Waals surface area contributed by atoms with Crippen molar-refractivity contribution in [1.29, 1.82) is 0 Å². The van der Waals surface area contributed by atoms with E-state index in [2.05, 4.69) is 5.16 Å². The maximum atomic E-state index is 12.6. The zero-order valence-corrected chi connectivity index (χ0v) is 17.7. The second-order valence-electron chi connectivity index (χ2n) is 7.25. The molecule has 1 aromatic rings. The summed E-state index contributed by atoms with van der Waals surface area (Å²) in [6.07, 6.45) is 1.35. The van der Waals surface area contributed by atoms with Crippen molar-refractivity contribution >= 4 is 42.0 Å². The van der Waals surface area contributed by atoms with Crippen LogP contribution in [-0.2, 0) is 23.9 Å². The molecule has 2 aliphatic rings. The Balaban J connectivity index is 0.00000300. The average molecular weight is 448 g/mol. The lowest BCUT2D eigenvalue weighted by Crippen LogP contribution is -2.68. The second-order valence-corrected chi connectivity index (χ2v) is 8.35. The molecule has 0 radical (unpaired) electrons. The Bertz CT molecular complexity index is 806. The normalized spacial score (nSPS) is 21.0. The summed E-state index contributed by atoms with van der Waals surface area (Å²) < 4.78 is 20.2. The summed E-state index contributed by atoms with van der Waals surface area (Å²) in [6.45, 7) is 4.51. The van der Waals surface area contributed by atoms with Crippen molar-refractivity contribution in [3.05, 3.63) is 23.6 Å². The van der Waals surface area contributed by atoms with Crippen molar-refractivity contribution in [2.75, 3.05) is 19.2 Å². The van der Waals surface area contributed by atoms with Gasteiger partial charge in [0, 0.05) is 17.4 Å². The second kappa shape index (κ2) is 9.06. The molecule has 1 unspecified atom stereocenters. The molecule has 1 saturated heterocycles. The van der Waals surface area contributed by atoms with Crippen molar-refractivity contribution in [1.82, 2.24) is 10.1 Å². The summed E-state index contributed by atoms with van der Waals surface area (Å²) in [7, 11) is 0. The van der Waals surface area contributed by atoms with Crippen LogP contribution in [0, 0.1) is 5.41 Å². The van der Waals surface area contributed by atoms with Gasteiger partial charge in [-0.2, -0.15) is 0 Å². The van der Waals surface area contributed by atoms with Gasteiger partial charge >= 0.3 is 11.9 Å². The summed E-state index contributed by atoms with van der Waals surface area (Å²) in [5.74, 6) is -1.01. The number of nitrogens with two attached hydrogens (primary N) is 1. The van der Waals surface area contributed by atoms with Crippen LogP contribution >= 0.6 is 24.2 Å². The third-order valence-corrected chi connectivity index (χ3v) is 5.44. The maximum absolute atomic E-state index is 12.6. The van der Waals surface area contributed by atoms with Gasteiger partial charge in [0.25, 0.3) is 5.88 Å². The molecule has 160 valence electrons. The summed E-state index contributed by atoms with van der Waals surface area (Å²) in [5.41, 5.74) is 5.69. The molecule has 2 aliphatic heterocycles. The number of carbonyl (C=O) groups excluding carboxylic acids is 3. The number of amides is 1. The zero-order valence-electron chi connectivity index (χ0n) is 16.1. The Morgan fingerprint density at radius 3 is 2.72 bits per heavy atom. The van der Waals surface area contributed by atoms with Gasteiger partial charge in [0.1, 0.15) is 30.0 Å². The quantitative estimate of drug-likeness (QED) is 0.383. The van der Waals surface area contributed by atoms with E-state index in [0.717, 1.165) is 0 Å². The van der Waals surface area contributed by atoms with Gasteiger partial charge in [0.2, 0.25) is 12.7 Å². The number of fused-ring (bicyclic) bond motifs is 1. The van der Waals surface area contributed by atoms with Crippen LogP contribution in [0.5, 0.6) is 5.88 Å². The molecule has 0 aliphatic carbocycles. The van der Waals surface area contributed by atoms with E-state index in [1.54, 1.807) is 20.8 Å². The standard InChI is InChI=1S/C17H21N3O7S.ClH/c1-17(2,3)16(23)26-8-25-15(22)12-9(6-24-10-4-5-27-19-10)7-28-14-11(18)13(21)20(12)14;/h4-5,11,14H,6-8,18H2,1-3H3;1H/t11?,14-;/m1./s1. The SMILES string of the molecule is CC(C)(C)C(=O)OCOC(=O)C1=C(COc2ccon2)CS[C@@H]2C(N)C(=O)N12.Cl. The van der Waals surface area contributed by atoms with Gasteiger partial charge in [0.05, 0.1) is 5.41 Å². The van der Waals surface area contributed by atoms with Gasteiger partial charge < -0.3 is 24.5 Å². The molecule has 2 atom stereocenters. The van der Waals surface area contributed by atoms with E-state index < -0.39 is 30.2 Å². The lowest BCUT2D eigenvalue weighted by atomic mass is 9.98. The predicted octanol–water partition coefficient (Wildman–Crippen LogP) is 1.06. The van der Waals surface area contributed by atoms with Crippen molar-refractivity contribution in [2.45, 2.75) is 32.2 Å². The van der Waals surface area contributed by atoms with Crippen LogP contribution in [0.1, 0.15) is 20.8 Å². The molecule has 2 N–H and O–H groups in total. The van der Waals surface area contributed by atoms with E-state index in [-0.39, 0.29) is 41.9 Å². The molecule has 0 saturated carbocycles. The largest absolute Gasteiger partial charge is 0.471 e. The number of ether oxygens (including phenoxy) is 3. The number of carbonyl (C=O) groups is 3. The van der Waals surface area contributed by atoms with Crippen LogP contribution < -0.4 is 10.5 Å². The lowest BCUT2D eigenvalue weighted by molar-refractivity contribution is -0.173. The molecule has 3 heterocycles. The number of β-lactam (4-membered cyclic amide) rings is 1. The monoisotopic (exact) mass is 447 g/mol. The fraction of sp³-hybridized carbons (Fsp3) is 0.529. The highest BCUT2D eigenvalue weighted by Crippen LogP contribution is 2.39. The number of aromatic nitrogens is 1. The van der Waals surface area contributed by atoms with Crippen LogP contribution in [0.2, 0.25) is 0 Å². The van der Waals surface area contributed by atoms with Crippen molar-refractivity contribution in [2.24, 2.45) is 11.1 Å². The van der Waals surface area contributed by atoms with Gasteiger partial charge in [-0.3, -0.25) is 14.5 Å². The van der Waals surface area contributed by atoms with Crippen LogP contribution in [0.25, 0.3) is 0 Å². The Kier molecular flexibility index (Phi) is 7.20. The van der Waals surface area contributed by atoms with E-state index in [4.69, 9.17) is 24.5 Å². The molecule has 12 heteroatoms. The predicted molar refractivity (Wildman–Crippen MR) is 104 cm³/mol. The average Bonchev–Trinajstić information content (AvgIpc) is 3.17. The highest BCUT2D eigenvalue weighted by molar-refractivity contribution is 8.00. The summed E-state index contributed by atoms with van der Waals surface area (Å²) >= 11 is 1.43.